The van der Waals surface area contributed by atoms with Gasteiger partial charge in [0.1, 0.15) is 12.7 Å². The van der Waals surface area contributed by atoms with Crippen LogP contribution in [0.3, 0.4) is 0 Å². The molecule has 3 aromatic rings. The third-order valence-corrected chi connectivity index (χ3v) is 3.66. The summed E-state index contributed by atoms with van der Waals surface area (Å²) in [5.41, 5.74) is 1.38. The van der Waals surface area contributed by atoms with Crippen LogP contribution in [-0.4, -0.2) is 42.6 Å². The molecule has 0 radical (unpaired) electrons. The number of aromatic nitrogens is 5. The Hall–Kier alpha value is -3.09. The van der Waals surface area contributed by atoms with E-state index in [0.717, 1.165) is 5.69 Å². The average Bonchev–Trinajstić information content (AvgIpc) is 3.15. The molecule has 0 saturated carbocycles. The van der Waals surface area contributed by atoms with Crippen LogP contribution in [0.15, 0.2) is 55.4 Å². The van der Waals surface area contributed by atoms with E-state index >= 15 is 0 Å². The van der Waals surface area contributed by atoms with E-state index in [1.807, 2.05) is 25.1 Å². The Kier molecular flexibility index (Phi) is 4.09. The number of hydrogen-bond acceptors (Lipinski definition) is 5. The predicted octanol–water partition coefficient (Wildman–Crippen LogP) is 1.89. The Balaban J connectivity index is 1.84. The third kappa shape index (κ3) is 3.08. The summed E-state index contributed by atoms with van der Waals surface area (Å²) >= 11 is 0. The van der Waals surface area contributed by atoms with Gasteiger partial charge in [0.05, 0.1) is 11.7 Å². The molecule has 3 heterocycles. The van der Waals surface area contributed by atoms with Crippen molar-refractivity contribution in [2.45, 2.75) is 13.0 Å². The molecule has 0 aliphatic rings. The minimum absolute atomic E-state index is 0.105. The smallest absolute Gasteiger partial charge is 0.254 e. The van der Waals surface area contributed by atoms with Crippen LogP contribution in [0.5, 0.6) is 0 Å². The van der Waals surface area contributed by atoms with Crippen molar-refractivity contribution in [1.82, 2.24) is 29.6 Å². The third-order valence-electron chi connectivity index (χ3n) is 3.66. The molecule has 0 aliphatic heterocycles. The number of carbonyl (C=O) groups is 1. The lowest BCUT2D eigenvalue weighted by Crippen LogP contribution is -2.30. The standard InChI is InChI=1S/C16H16N6O/c1-12(14-5-3-4-7-18-14)21(2)16(23)13-6-8-19-15(9-13)22-11-17-10-20-22/h3-12H,1-2H3/t12-/m0/s1. The van der Waals surface area contributed by atoms with Crippen molar-refractivity contribution in [1.29, 1.82) is 0 Å². The van der Waals surface area contributed by atoms with Crippen molar-refractivity contribution in [2.75, 3.05) is 7.05 Å². The van der Waals surface area contributed by atoms with Crippen LogP contribution >= 0.6 is 0 Å². The molecule has 7 nitrogen and oxygen atoms in total. The van der Waals surface area contributed by atoms with E-state index in [1.165, 1.54) is 17.3 Å². The lowest BCUT2D eigenvalue weighted by Gasteiger charge is -2.24. The highest BCUT2D eigenvalue weighted by Crippen LogP contribution is 2.19. The van der Waals surface area contributed by atoms with Gasteiger partial charge in [0.15, 0.2) is 5.82 Å². The molecule has 7 heteroatoms. The molecule has 23 heavy (non-hydrogen) atoms. The topological polar surface area (TPSA) is 76.8 Å². The fourth-order valence-electron chi connectivity index (χ4n) is 2.20. The normalized spacial score (nSPS) is 11.9. The van der Waals surface area contributed by atoms with Crippen LogP contribution < -0.4 is 0 Å². The first-order chi connectivity index (χ1) is 11.2. The molecule has 0 saturated heterocycles. The van der Waals surface area contributed by atoms with Gasteiger partial charge in [-0.1, -0.05) is 6.07 Å². The van der Waals surface area contributed by atoms with Crippen LogP contribution in [0.1, 0.15) is 29.0 Å². The van der Waals surface area contributed by atoms with Gasteiger partial charge in [0.25, 0.3) is 5.91 Å². The zero-order valence-corrected chi connectivity index (χ0v) is 12.9. The van der Waals surface area contributed by atoms with Gasteiger partial charge in [-0.05, 0) is 31.2 Å². The largest absolute Gasteiger partial charge is 0.333 e. The maximum atomic E-state index is 12.7. The van der Waals surface area contributed by atoms with Crippen molar-refractivity contribution in [3.05, 3.63) is 66.6 Å². The van der Waals surface area contributed by atoms with E-state index in [-0.39, 0.29) is 11.9 Å². The van der Waals surface area contributed by atoms with Crippen LogP contribution in [0.25, 0.3) is 5.82 Å². The second-order valence-corrected chi connectivity index (χ2v) is 5.09. The van der Waals surface area contributed by atoms with Gasteiger partial charge >= 0.3 is 0 Å². The summed E-state index contributed by atoms with van der Waals surface area (Å²) in [5, 5.41) is 4.02. The number of pyridine rings is 2. The monoisotopic (exact) mass is 308 g/mol. The summed E-state index contributed by atoms with van der Waals surface area (Å²) in [6.07, 6.45) is 6.27. The van der Waals surface area contributed by atoms with Gasteiger partial charge in [-0.3, -0.25) is 9.78 Å². The minimum atomic E-state index is -0.133. The summed E-state index contributed by atoms with van der Waals surface area (Å²) in [5.74, 6) is 0.444. The molecule has 0 bridgehead atoms. The molecule has 0 spiro atoms. The van der Waals surface area contributed by atoms with Gasteiger partial charge in [-0.15, -0.1) is 0 Å². The number of rotatable bonds is 4. The second kappa shape index (κ2) is 6.35. The summed E-state index contributed by atoms with van der Waals surface area (Å²) in [6, 6.07) is 8.91. The fourth-order valence-corrected chi connectivity index (χ4v) is 2.20. The summed E-state index contributed by atoms with van der Waals surface area (Å²) in [7, 11) is 1.76. The van der Waals surface area contributed by atoms with Crippen molar-refractivity contribution in [2.24, 2.45) is 0 Å². The number of carbonyl (C=O) groups excluding carboxylic acids is 1. The summed E-state index contributed by atoms with van der Waals surface area (Å²) in [4.78, 5) is 26.8. The molecule has 3 rings (SSSR count). The van der Waals surface area contributed by atoms with E-state index in [0.29, 0.717) is 11.4 Å². The van der Waals surface area contributed by atoms with Crippen LogP contribution in [0.4, 0.5) is 0 Å². The zero-order valence-electron chi connectivity index (χ0n) is 12.9. The first-order valence-corrected chi connectivity index (χ1v) is 7.16. The first kappa shape index (κ1) is 14.8. The summed E-state index contributed by atoms with van der Waals surface area (Å²) < 4.78 is 1.51. The maximum absolute atomic E-state index is 12.7. The van der Waals surface area contributed by atoms with Crippen molar-refractivity contribution < 1.29 is 4.79 Å². The molecule has 0 aromatic carbocycles. The quantitative estimate of drug-likeness (QED) is 0.735. The average molecular weight is 308 g/mol. The lowest BCUT2D eigenvalue weighted by molar-refractivity contribution is 0.0739. The highest BCUT2D eigenvalue weighted by molar-refractivity contribution is 5.94. The Morgan fingerprint density at radius 3 is 2.78 bits per heavy atom. The van der Waals surface area contributed by atoms with Crippen molar-refractivity contribution >= 4 is 5.91 Å². The van der Waals surface area contributed by atoms with Crippen molar-refractivity contribution in [3.63, 3.8) is 0 Å². The fraction of sp³-hybridized carbons (Fsp3) is 0.188. The van der Waals surface area contributed by atoms with E-state index in [2.05, 4.69) is 20.1 Å². The van der Waals surface area contributed by atoms with Crippen LogP contribution in [0.2, 0.25) is 0 Å². The van der Waals surface area contributed by atoms with Gasteiger partial charge in [-0.25, -0.2) is 14.6 Å². The molecular weight excluding hydrogens is 292 g/mol. The number of hydrogen-bond donors (Lipinski definition) is 0. The van der Waals surface area contributed by atoms with Gasteiger partial charge in [0, 0.05) is 25.0 Å². The van der Waals surface area contributed by atoms with Gasteiger partial charge < -0.3 is 4.90 Å². The molecular formula is C16H16N6O. The van der Waals surface area contributed by atoms with Gasteiger partial charge in [-0.2, -0.15) is 5.10 Å². The van der Waals surface area contributed by atoms with Crippen LogP contribution in [-0.2, 0) is 0 Å². The SMILES string of the molecule is C[C@@H](c1ccccn1)N(C)C(=O)c1ccnc(-n2cncn2)c1. The molecule has 0 N–H and O–H groups in total. The Bertz CT molecular complexity index is 787. The predicted molar refractivity (Wildman–Crippen MR) is 83.9 cm³/mol. The first-order valence-electron chi connectivity index (χ1n) is 7.16. The van der Waals surface area contributed by atoms with Crippen molar-refractivity contribution in [3.8, 4) is 5.82 Å². The van der Waals surface area contributed by atoms with E-state index in [1.54, 1.807) is 36.5 Å². The minimum Gasteiger partial charge on any atom is -0.333 e. The Labute approximate surface area is 133 Å². The maximum Gasteiger partial charge on any atom is 0.254 e. The summed E-state index contributed by atoms with van der Waals surface area (Å²) in [6.45, 7) is 1.94. The molecule has 0 aliphatic carbocycles. The zero-order chi connectivity index (χ0) is 16.2. The van der Waals surface area contributed by atoms with E-state index in [4.69, 9.17) is 0 Å². The molecule has 0 unspecified atom stereocenters. The Morgan fingerprint density at radius 2 is 2.09 bits per heavy atom. The van der Waals surface area contributed by atoms with E-state index < -0.39 is 0 Å². The molecule has 0 fully saturated rings. The lowest BCUT2D eigenvalue weighted by atomic mass is 10.1. The van der Waals surface area contributed by atoms with E-state index in [9.17, 15) is 4.79 Å². The molecule has 1 amide bonds. The highest BCUT2D eigenvalue weighted by atomic mass is 16.2. The number of amides is 1. The molecule has 1 atom stereocenters. The van der Waals surface area contributed by atoms with Crippen LogP contribution in [0, 0.1) is 0 Å². The second-order valence-electron chi connectivity index (χ2n) is 5.09. The molecule has 116 valence electrons. The molecule has 3 aromatic heterocycles. The van der Waals surface area contributed by atoms with Gasteiger partial charge in [0.2, 0.25) is 0 Å². The number of nitrogens with zero attached hydrogens (tertiary/aromatic N) is 6. The highest BCUT2D eigenvalue weighted by Gasteiger charge is 2.20. The Morgan fingerprint density at radius 1 is 1.22 bits per heavy atom.